The quantitative estimate of drug-likeness (QED) is 0.861. The molecule has 0 aliphatic carbocycles. The summed E-state index contributed by atoms with van der Waals surface area (Å²) < 4.78 is 0. The first-order chi connectivity index (χ1) is 10.6. The summed E-state index contributed by atoms with van der Waals surface area (Å²) >= 11 is 0. The van der Waals surface area contributed by atoms with E-state index in [1.54, 1.807) is 4.90 Å². The van der Waals surface area contributed by atoms with E-state index in [2.05, 4.69) is 10.6 Å². The lowest BCUT2D eigenvalue weighted by Gasteiger charge is -2.17. The van der Waals surface area contributed by atoms with E-state index >= 15 is 0 Å². The second kappa shape index (κ2) is 6.05. The second-order valence-electron chi connectivity index (χ2n) is 5.33. The van der Waals surface area contributed by atoms with Crippen LogP contribution in [0.4, 0.5) is 16.2 Å². The molecular formula is C15H18N4O3. The van der Waals surface area contributed by atoms with E-state index in [0.29, 0.717) is 19.5 Å². The van der Waals surface area contributed by atoms with Crippen LogP contribution in [0.1, 0.15) is 12.8 Å². The van der Waals surface area contributed by atoms with Crippen LogP contribution in [-0.4, -0.2) is 48.9 Å². The molecule has 3 rings (SSSR count). The lowest BCUT2D eigenvalue weighted by Crippen LogP contribution is -2.38. The highest BCUT2D eigenvalue weighted by molar-refractivity contribution is 5.98. The van der Waals surface area contributed by atoms with Crippen molar-refractivity contribution in [1.82, 2.24) is 10.2 Å². The molecule has 0 radical (unpaired) electrons. The van der Waals surface area contributed by atoms with Gasteiger partial charge >= 0.3 is 6.03 Å². The van der Waals surface area contributed by atoms with Crippen LogP contribution in [0.5, 0.6) is 0 Å². The Morgan fingerprint density at radius 3 is 2.55 bits per heavy atom. The fraction of sp³-hybridized carbons (Fsp3) is 0.400. The molecule has 0 atom stereocenters. The van der Waals surface area contributed by atoms with Crippen molar-refractivity contribution in [3.63, 3.8) is 0 Å². The van der Waals surface area contributed by atoms with Crippen molar-refractivity contribution in [3.8, 4) is 0 Å². The Morgan fingerprint density at radius 1 is 1.18 bits per heavy atom. The summed E-state index contributed by atoms with van der Waals surface area (Å²) in [7, 11) is 0. The van der Waals surface area contributed by atoms with Gasteiger partial charge in [-0.2, -0.15) is 0 Å². The van der Waals surface area contributed by atoms with Crippen molar-refractivity contribution < 1.29 is 14.4 Å². The number of rotatable bonds is 4. The molecule has 22 heavy (non-hydrogen) atoms. The third-order valence-electron chi connectivity index (χ3n) is 3.85. The number of amides is 4. The van der Waals surface area contributed by atoms with Crippen molar-refractivity contribution in [1.29, 1.82) is 0 Å². The topological polar surface area (TPSA) is 81.8 Å². The van der Waals surface area contributed by atoms with Crippen molar-refractivity contribution in [3.05, 3.63) is 24.3 Å². The normalized spacial score (nSPS) is 17.8. The molecule has 4 amide bonds. The lowest BCUT2D eigenvalue weighted by molar-refractivity contribution is -0.125. The Hall–Kier alpha value is -2.57. The lowest BCUT2D eigenvalue weighted by atomic mass is 10.2. The molecule has 2 N–H and O–H groups in total. The molecule has 1 aromatic carbocycles. The molecule has 7 heteroatoms. The van der Waals surface area contributed by atoms with Gasteiger partial charge in [-0.3, -0.25) is 14.5 Å². The molecule has 0 unspecified atom stereocenters. The van der Waals surface area contributed by atoms with Gasteiger partial charge in [-0.15, -0.1) is 0 Å². The van der Waals surface area contributed by atoms with Crippen LogP contribution in [0.15, 0.2) is 24.3 Å². The monoisotopic (exact) mass is 302 g/mol. The van der Waals surface area contributed by atoms with Crippen molar-refractivity contribution in [2.75, 3.05) is 36.4 Å². The maximum Gasteiger partial charge on any atom is 0.324 e. The molecule has 1 aromatic rings. The van der Waals surface area contributed by atoms with Crippen LogP contribution in [0.25, 0.3) is 0 Å². The van der Waals surface area contributed by atoms with Gasteiger partial charge in [0.2, 0.25) is 11.8 Å². The van der Waals surface area contributed by atoms with Crippen LogP contribution in [-0.2, 0) is 9.59 Å². The summed E-state index contributed by atoms with van der Waals surface area (Å²) in [4.78, 5) is 37.9. The Bertz CT molecular complexity index is 599. The number of imide groups is 1. The van der Waals surface area contributed by atoms with Gasteiger partial charge in [0.25, 0.3) is 0 Å². The molecule has 7 nitrogen and oxygen atoms in total. The average Bonchev–Trinajstić information content (AvgIpc) is 3.14. The second-order valence-corrected chi connectivity index (χ2v) is 5.33. The standard InChI is InChI=1S/C15H18N4O3/c20-13-2-1-8-18(13)12-5-3-11(4-6-12)17-10-14(21)19-9-7-16-15(19)22/h3-6,17H,1-2,7-10H2,(H,16,22). The van der Waals surface area contributed by atoms with E-state index in [0.717, 1.165) is 24.3 Å². The van der Waals surface area contributed by atoms with Crippen LogP contribution in [0.2, 0.25) is 0 Å². The predicted octanol–water partition coefficient (Wildman–Crippen LogP) is 0.777. The highest BCUT2D eigenvalue weighted by atomic mass is 16.2. The maximum absolute atomic E-state index is 11.9. The molecule has 2 fully saturated rings. The molecule has 2 aliphatic rings. The first kappa shape index (κ1) is 14.4. The number of nitrogens with one attached hydrogen (secondary N) is 2. The number of nitrogens with zero attached hydrogens (tertiary/aromatic N) is 2. The van der Waals surface area contributed by atoms with Gasteiger partial charge in [0, 0.05) is 37.4 Å². The zero-order chi connectivity index (χ0) is 15.5. The smallest absolute Gasteiger partial charge is 0.324 e. The van der Waals surface area contributed by atoms with Gasteiger partial charge in [0.1, 0.15) is 0 Å². The number of carbonyl (C=O) groups excluding carboxylic acids is 3. The number of anilines is 2. The van der Waals surface area contributed by atoms with E-state index in [-0.39, 0.29) is 24.4 Å². The summed E-state index contributed by atoms with van der Waals surface area (Å²) in [6.07, 6.45) is 1.50. The number of carbonyl (C=O) groups is 3. The highest BCUT2D eigenvalue weighted by Crippen LogP contribution is 2.22. The summed E-state index contributed by atoms with van der Waals surface area (Å²) in [5.74, 6) is -0.107. The first-order valence-corrected chi connectivity index (χ1v) is 7.37. The van der Waals surface area contributed by atoms with E-state index in [1.165, 1.54) is 4.90 Å². The number of hydrogen-bond acceptors (Lipinski definition) is 4. The van der Waals surface area contributed by atoms with Gasteiger partial charge in [0.05, 0.1) is 6.54 Å². The van der Waals surface area contributed by atoms with Crippen LogP contribution < -0.4 is 15.5 Å². The summed E-state index contributed by atoms with van der Waals surface area (Å²) in [6, 6.07) is 7.04. The molecule has 2 aliphatic heterocycles. The largest absolute Gasteiger partial charge is 0.376 e. The zero-order valence-electron chi connectivity index (χ0n) is 12.2. The fourth-order valence-corrected chi connectivity index (χ4v) is 2.66. The minimum atomic E-state index is -0.338. The summed E-state index contributed by atoms with van der Waals surface area (Å²) in [5, 5.41) is 5.59. The number of benzene rings is 1. The third-order valence-corrected chi connectivity index (χ3v) is 3.85. The average molecular weight is 302 g/mol. The number of urea groups is 1. The molecule has 2 heterocycles. The van der Waals surface area contributed by atoms with Crippen LogP contribution in [0.3, 0.4) is 0 Å². The molecule has 0 saturated carbocycles. The highest BCUT2D eigenvalue weighted by Gasteiger charge is 2.25. The maximum atomic E-state index is 11.9. The van der Waals surface area contributed by atoms with E-state index < -0.39 is 0 Å². The van der Waals surface area contributed by atoms with E-state index in [1.807, 2.05) is 24.3 Å². The van der Waals surface area contributed by atoms with E-state index in [9.17, 15) is 14.4 Å². The fourth-order valence-electron chi connectivity index (χ4n) is 2.66. The minimum Gasteiger partial charge on any atom is -0.376 e. The third kappa shape index (κ3) is 2.88. The van der Waals surface area contributed by atoms with Gasteiger partial charge in [-0.25, -0.2) is 4.79 Å². The zero-order valence-corrected chi connectivity index (χ0v) is 12.2. The number of hydrogen-bond donors (Lipinski definition) is 2. The van der Waals surface area contributed by atoms with Crippen molar-refractivity contribution in [2.24, 2.45) is 0 Å². The van der Waals surface area contributed by atoms with Crippen LogP contribution in [0, 0.1) is 0 Å². The summed E-state index contributed by atoms with van der Waals surface area (Å²) in [5.41, 5.74) is 1.65. The summed E-state index contributed by atoms with van der Waals surface area (Å²) in [6.45, 7) is 1.74. The molecule has 0 bridgehead atoms. The minimum absolute atomic E-state index is 0.0649. The molecule has 116 valence electrons. The first-order valence-electron chi connectivity index (χ1n) is 7.37. The Morgan fingerprint density at radius 2 is 1.95 bits per heavy atom. The van der Waals surface area contributed by atoms with Gasteiger partial charge in [-0.05, 0) is 30.7 Å². The molecule has 2 saturated heterocycles. The van der Waals surface area contributed by atoms with E-state index in [4.69, 9.17) is 0 Å². The van der Waals surface area contributed by atoms with Gasteiger partial charge in [-0.1, -0.05) is 0 Å². The van der Waals surface area contributed by atoms with Gasteiger partial charge in [0.15, 0.2) is 0 Å². The SMILES string of the molecule is O=C(CNc1ccc(N2CCCC2=O)cc1)N1CCNC1=O. The molecule has 0 aromatic heterocycles. The van der Waals surface area contributed by atoms with Crippen LogP contribution >= 0.6 is 0 Å². The molecular weight excluding hydrogens is 284 g/mol. The molecule has 0 spiro atoms. The van der Waals surface area contributed by atoms with Crippen molar-refractivity contribution >= 4 is 29.2 Å². The predicted molar refractivity (Wildman–Crippen MR) is 81.6 cm³/mol. The Labute approximate surface area is 128 Å². The van der Waals surface area contributed by atoms with Gasteiger partial charge < -0.3 is 15.5 Å². The Kier molecular flexibility index (Phi) is 3.95. The Balaban J connectivity index is 1.56. The van der Waals surface area contributed by atoms with Crippen molar-refractivity contribution in [2.45, 2.75) is 12.8 Å².